The number of rotatable bonds is 22. The summed E-state index contributed by atoms with van der Waals surface area (Å²) in [5.74, 6) is -3.97. The van der Waals surface area contributed by atoms with Crippen molar-refractivity contribution in [2.45, 2.75) is 146 Å². The van der Waals surface area contributed by atoms with Crippen LogP contribution in [0.4, 0.5) is 4.79 Å². The lowest BCUT2D eigenvalue weighted by molar-refractivity contribution is -0.131. The first kappa shape index (κ1) is 79.0. The minimum absolute atomic E-state index is 0.0719. The number of benzene rings is 2. The van der Waals surface area contributed by atoms with Gasteiger partial charge in [-0.15, -0.1) is 13.2 Å². The second-order valence-electron chi connectivity index (χ2n) is 17.7. The van der Waals surface area contributed by atoms with Crippen molar-refractivity contribution in [1.29, 1.82) is 0 Å². The summed E-state index contributed by atoms with van der Waals surface area (Å²) < 4.78 is 0. The van der Waals surface area contributed by atoms with Gasteiger partial charge < -0.3 is 65.5 Å². The number of nitrogens with one attached hydrogen (secondary N) is 8. The van der Waals surface area contributed by atoms with Crippen LogP contribution in [0.3, 0.4) is 0 Å². The van der Waals surface area contributed by atoms with E-state index in [0.29, 0.717) is 6.54 Å². The van der Waals surface area contributed by atoms with Gasteiger partial charge in [0.2, 0.25) is 47.3 Å². The van der Waals surface area contributed by atoms with Crippen LogP contribution in [0.25, 0.3) is 11.1 Å². The summed E-state index contributed by atoms with van der Waals surface area (Å²) in [5, 5.41) is 18.9. The standard InChI is InChI=1S/C32H42N8O8.C7H14.C4H10N2O.C3H9N.2C3H8.C2H7N.C2H4/c1-20(2)12-26(42)40-24(13-21-8-10-23(11-9-21)22-6-4-3-5-7-22)32(48)39-19-31(47)38-18-30(46)37-17-29(45)36-16-28(44)35-15-27(43)34-14-25(33)41;1-7-5-3-2-4-6-7;1-2-3-6-4(5)7;1-2-3-4;2*1-3-2;1-2-3;1-2/h3-11,20,24H,12-19H2,1-2H3,(H2,33,41)(H,34,43)(H,35,44)(H,36,45)(H,37,46)(H,38,47)(H,39,48)(H,40,42);7H,2-6H2,1H3;2-3H2,1H3,(H3,5,6,7);2-4H2,1H3;2*3H2,1-2H3;2-3H2,1H3;1-2H2/t24-;;;;;;;/m0......./s1. The minimum atomic E-state index is -0.950. The van der Waals surface area contributed by atoms with E-state index in [4.69, 9.17) is 22.9 Å². The fourth-order valence-corrected chi connectivity index (χ4v) is 5.59. The first-order valence-corrected chi connectivity index (χ1v) is 26.9. The van der Waals surface area contributed by atoms with E-state index in [-0.39, 0.29) is 31.2 Å². The summed E-state index contributed by atoms with van der Waals surface area (Å²) in [6.45, 7) is 26.0. The Balaban J connectivity index is -0.000000483. The van der Waals surface area contributed by atoms with E-state index in [1.807, 2.05) is 82.3 Å². The predicted molar refractivity (Wildman–Crippen MR) is 312 cm³/mol. The van der Waals surface area contributed by atoms with Crippen molar-refractivity contribution < 1.29 is 43.2 Å². The highest BCUT2D eigenvalue weighted by Gasteiger charge is 2.23. The highest BCUT2D eigenvalue weighted by Crippen LogP contribution is 2.22. The van der Waals surface area contributed by atoms with Crippen LogP contribution in [0, 0.1) is 11.8 Å². The van der Waals surface area contributed by atoms with E-state index < -0.39 is 86.1 Å². The minimum Gasteiger partial charge on any atom is -0.368 e. The molecule has 0 aromatic heterocycles. The van der Waals surface area contributed by atoms with Gasteiger partial charge in [-0.25, -0.2) is 4.79 Å². The Morgan fingerprint density at radius 2 is 0.922 bits per heavy atom. The van der Waals surface area contributed by atoms with Gasteiger partial charge >= 0.3 is 6.03 Å². The molecule has 1 fully saturated rings. The van der Waals surface area contributed by atoms with E-state index >= 15 is 0 Å². The Bertz CT molecular complexity index is 1840. The second-order valence-corrected chi connectivity index (χ2v) is 17.7. The van der Waals surface area contributed by atoms with E-state index in [1.165, 1.54) is 44.9 Å². The van der Waals surface area contributed by atoms with Crippen molar-refractivity contribution in [3.05, 3.63) is 73.3 Å². The van der Waals surface area contributed by atoms with E-state index in [2.05, 4.69) is 97.2 Å². The molecule has 77 heavy (non-hydrogen) atoms. The molecule has 440 valence electrons. The van der Waals surface area contributed by atoms with E-state index in [0.717, 1.165) is 48.5 Å². The van der Waals surface area contributed by atoms with Gasteiger partial charge in [-0.2, -0.15) is 0 Å². The fraction of sp³-hybridized carbons (Fsp3) is 0.589. The Morgan fingerprint density at radius 3 is 1.23 bits per heavy atom. The highest BCUT2D eigenvalue weighted by molar-refractivity contribution is 5.93. The summed E-state index contributed by atoms with van der Waals surface area (Å²) in [4.78, 5) is 105. The molecule has 1 saturated carbocycles. The summed E-state index contributed by atoms with van der Waals surface area (Å²) >= 11 is 0. The molecular weight excluding hydrogens is 985 g/mol. The zero-order valence-corrected chi connectivity index (χ0v) is 48.5. The SMILES string of the molecule is C=C.CC(C)CC(=O)N[C@@H](Cc1ccc(-c2ccccc2)cc1)C(=O)NCC(=O)NCC(=O)NCC(=O)NCC(=O)NCC(=O)NCC(N)=O.CC1CCCCC1.CCC.CCC.CCCN.CCCNC(N)=O.CCN. The molecule has 0 unspecified atom stereocenters. The molecule has 0 spiro atoms. The molecule has 1 aliphatic rings. The first-order valence-electron chi connectivity index (χ1n) is 26.9. The van der Waals surface area contributed by atoms with E-state index in [1.54, 1.807) is 0 Å². The van der Waals surface area contributed by atoms with Gasteiger partial charge in [0.05, 0.1) is 39.3 Å². The molecule has 0 bridgehead atoms. The van der Waals surface area contributed by atoms with Crippen LogP contribution < -0.4 is 65.5 Å². The molecule has 0 heterocycles. The molecule has 10 amide bonds. The molecule has 2 aromatic carbocycles. The lowest BCUT2D eigenvalue weighted by Crippen LogP contribution is -2.51. The van der Waals surface area contributed by atoms with Gasteiger partial charge in [0, 0.05) is 19.4 Å². The smallest absolute Gasteiger partial charge is 0.312 e. The normalized spacial score (nSPS) is 11.0. The molecular formula is C56H102N12O9. The van der Waals surface area contributed by atoms with Crippen molar-refractivity contribution in [3.63, 3.8) is 0 Å². The third-order valence-electron chi connectivity index (χ3n) is 9.15. The molecule has 0 saturated heterocycles. The van der Waals surface area contributed by atoms with Crippen molar-refractivity contribution in [2.24, 2.45) is 34.8 Å². The zero-order valence-electron chi connectivity index (χ0n) is 48.5. The summed E-state index contributed by atoms with van der Waals surface area (Å²) in [6, 6.07) is 16.0. The Morgan fingerprint density at radius 1 is 0.545 bits per heavy atom. The second kappa shape index (κ2) is 56.8. The zero-order chi connectivity index (χ0) is 59.8. The van der Waals surface area contributed by atoms with Crippen LogP contribution in [0.2, 0.25) is 0 Å². The molecule has 0 aliphatic heterocycles. The molecule has 21 nitrogen and oxygen atoms in total. The summed E-state index contributed by atoms with van der Waals surface area (Å²) in [5.41, 5.74) is 22.3. The van der Waals surface area contributed by atoms with Crippen LogP contribution in [0.1, 0.15) is 139 Å². The lowest BCUT2D eigenvalue weighted by atomic mass is 9.91. The topological polar surface area (TPSA) is 354 Å². The molecule has 0 radical (unpaired) electrons. The number of nitrogens with two attached hydrogens (primary N) is 4. The van der Waals surface area contributed by atoms with Crippen molar-refractivity contribution in [1.82, 2.24) is 42.5 Å². The van der Waals surface area contributed by atoms with Gasteiger partial charge in [-0.05, 0) is 54.5 Å². The van der Waals surface area contributed by atoms with Gasteiger partial charge in [0.25, 0.3) is 0 Å². The third-order valence-corrected chi connectivity index (χ3v) is 9.15. The fourth-order valence-electron chi connectivity index (χ4n) is 5.59. The molecule has 21 heteroatoms. The lowest BCUT2D eigenvalue weighted by Gasteiger charge is -2.19. The van der Waals surface area contributed by atoms with Crippen LogP contribution in [0.15, 0.2) is 67.8 Å². The summed E-state index contributed by atoms with van der Waals surface area (Å²) in [6.07, 6.45) is 12.4. The molecule has 1 atom stereocenters. The number of hydrogen-bond acceptors (Lipinski definition) is 11. The van der Waals surface area contributed by atoms with Gasteiger partial charge in [-0.1, -0.05) is 169 Å². The number of hydrogen-bond donors (Lipinski definition) is 12. The van der Waals surface area contributed by atoms with Crippen molar-refractivity contribution >= 4 is 53.3 Å². The summed E-state index contributed by atoms with van der Waals surface area (Å²) in [7, 11) is 0. The van der Waals surface area contributed by atoms with Gasteiger partial charge in [0.1, 0.15) is 6.04 Å². The van der Waals surface area contributed by atoms with Gasteiger partial charge in [-0.3, -0.25) is 38.4 Å². The van der Waals surface area contributed by atoms with Crippen LogP contribution in [0.5, 0.6) is 0 Å². The van der Waals surface area contributed by atoms with Crippen LogP contribution in [-0.4, -0.2) is 118 Å². The van der Waals surface area contributed by atoms with Gasteiger partial charge in [0.15, 0.2) is 0 Å². The van der Waals surface area contributed by atoms with E-state index in [9.17, 15) is 43.2 Å². The number of carbonyl (C=O) groups is 9. The number of urea groups is 1. The maximum atomic E-state index is 13.0. The average Bonchev–Trinajstić information content (AvgIpc) is 3.40. The average molecular weight is 1090 g/mol. The van der Waals surface area contributed by atoms with Crippen LogP contribution >= 0.6 is 0 Å². The maximum Gasteiger partial charge on any atom is 0.312 e. The largest absolute Gasteiger partial charge is 0.368 e. The Labute approximate surface area is 461 Å². The molecule has 3 rings (SSSR count). The number of primary amides is 2. The maximum absolute atomic E-state index is 13.0. The first-order chi connectivity index (χ1) is 36.6. The predicted octanol–water partition coefficient (Wildman–Crippen LogP) is 4.22. The van der Waals surface area contributed by atoms with Crippen molar-refractivity contribution in [2.75, 3.05) is 58.9 Å². The molecule has 1 aliphatic carbocycles. The highest BCUT2D eigenvalue weighted by atomic mass is 16.2. The Hall–Kier alpha value is -6.87. The quantitative estimate of drug-likeness (QED) is 0.0741. The number of carbonyl (C=O) groups excluding carboxylic acids is 9. The van der Waals surface area contributed by atoms with Crippen LogP contribution in [-0.2, 0) is 44.8 Å². The third kappa shape index (κ3) is 56.7. The Kier molecular flexibility index (Phi) is 58.3. The number of amides is 10. The molecule has 16 N–H and O–H groups in total. The monoisotopic (exact) mass is 1090 g/mol. The van der Waals surface area contributed by atoms with Crippen molar-refractivity contribution in [3.8, 4) is 11.1 Å². The molecule has 2 aromatic rings.